The average Bonchev–Trinajstić information content (AvgIpc) is 2.76. The minimum atomic E-state index is -0.193. The molecule has 3 atom stereocenters. The van der Waals surface area contributed by atoms with E-state index in [0.717, 1.165) is 32.2 Å². The van der Waals surface area contributed by atoms with Crippen molar-refractivity contribution in [3.8, 4) is 6.07 Å². The van der Waals surface area contributed by atoms with Crippen molar-refractivity contribution in [2.75, 3.05) is 6.54 Å². The molecule has 4 heteroatoms. The predicted molar refractivity (Wildman–Crippen MR) is 67.3 cm³/mol. The minimum absolute atomic E-state index is 0.0492. The first-order valence-corrected chi connectivity index (χ1v) is 6.55. The third-order valence-electron chi connectivity index (χ3n) is 3.43. The lowest BCUT2D eigenvalue weighted by Gasteiger charge is -2.27. The summed E-state index contributed by atoms with van der Waals surface area (Å²) >= 11 is 0. The van der Waals surface area contributed by atoms with Gasteiger partial charge < -0.3 is 5.32 Å². The highest BCUT2D eigenvalue weighted by molar-refractivity contribution is 5.81. The van der Waals surface area contributed by atoms with E-state index in [0.29, 0.717) is 0 Å². The van der Waals surface area contributed by atoms with Crippen molar-refractivity contribution >= 4 is 5.91 Å². The topological polar surface area (TPSA) is 56.1 Å². The van der Waals surface area contributed by atoms with Crippen LogP contribution in [-0.4, -0.2) is 35.5 Å². The summed E-state index contributed by atoms with van der Waals surface area (Å²) in [6.45, 7) is 6.89. The number of nitriles is 1. The molecule has 1 saturated heterocycles. The highest BCUT2D eigenvalue weighted by atomic mass is 16.2. The smallest absolute Gasteiger partial charge is 0.237 e. The normalized spacial score (nSPS) is 24.0. The van der Waals surface area contributed by atoms with Gasteiger partial charge in [-0.15, -0.1) is 0 Å². The lowest BCUT2D eigenvalue weighted by Crippen LogP contribution is -2.49. The van der Waals surface area contributed by atoms with Crippen LogP contribution in [-0.2, 0) is 4.79 Å². The molecule has 1 rings (SSSR count). The van der Waals surface area contributed by atoms with Gasteiger partial charge in [0.1, 0.15) is 0 Å². The van der Waals surface area contributed by atoms with Gasteiger partial charge in [0.25, 0.3) is 0 Å². The quantitative estimate of drug-likeness (QED) is 0.791. The second-order valence-electron chi connectivity index (χ2n) is 4.90. The molecule has 0 saturated carbocycles. The summed E-state index contributed by atoms with van der Waals surface area (Å²) in [5.41, 5.74) is 0. The van der Waals surface area contributed by atoms with Crippen molar-refractivity contribution in [2.24, 2.45) is 0 Å². The van der Waals surface area contributed by atoms with Crippen molar-refractivity contribution in [2.45, 2.75) is 64.6 Å². The van der Waals surface area contributed by atoms with E-state index in [1.165, 1.54) is 0 Å². The fourth-order valence-electron chi connectivity index (χ4n) is 2.41. The van der Waals surface area contributed by atoms with Crippen LogP contribution in [0.4, 0.5) is 0 Å². The van der Waals surface area contributed by atoms with E-state index in [-0.39, 0.29) is 24.0 Å². The van der Waals surface area contributed by atoms with E-state index in [9.17, 15) is 4.79 Å². The molecule has 1 N–H and O–H groups in total. The van der Waals surface area contributed by atoms with Crippen molar-refractivity contribution in [1.82, 2.24) is 10.2 Å². The summed E-state index contributed by atoms with van der Waals surface area (Å²) in [7, 11) is 0. The standard InChI is InChI=1S/C13H23N3O/c1-4-6-10(2)15-13(17)11(3)16-8-5-7-12(16)9-14/h10-12H,4-8H2,1-3H3,(H,15,17). The molecule has 3 unspecified atom stereocenters. The predicted octanol–water partition coefficient (Wildman–Crippen LogP) is 1.67. The Kier molecular flexibility index (Phi) is 5.43. The van der Waals surface area contributed by atoms with Crippen molar-refractivity contribution in [1.29, 1.82) is 5.26 Å². The summed E-state index contributed by atoms with van der Waals surface area (Å²) < 4.78 is 0. The molecular formula is C13H23N3O. The number of nitrogens with zero attached hydrogens (tertiary/aromatic N) is 2. The van der Waals surface area contributed by atoms with Crippen molar-refractivity contribution < 1.29 is 4.79 Å². The molecule has 4 nitrogen and oxygen atoms in total. The summed E-state index contributed by atoms with van der Waals surface area (Å²) in [6.07, 6.45) is 3.97. The van der Waals surface area contributed by atoms with Crippen LogP contribution in [0.15, 0.2) is 0 Å². The first-order valence-electron chi connectivity index (χ1n) is 6.55. The highest BCUT2D eigenvalue weighted by Gasteiger charge is 2.32. The maximum absolute atomic E-state index is 12.0. The fourth-order valence-corrected chi connectivity index (χ4v) is 2.41. The van der Waals surface area contributed by atoms with Gasteiger partial charge in [-0.05, 0) is 33.1 Å². The molecule has 0 radical (unpaired) electrons. The zero-order valence-electron chi connectivity index (χ0n) is 11.1. The van der Waals surface area contributed by atoms with Gasteiger partial charge in [0.2, 0.25) is 5.91 Å². The zero-order valence-corrected chi connectivity index (χ0v) is 11.1. The largest absolute Gasteiger partial charge is 0.352 e. The van der Waals surface area contributed by atoms with E-state index < -0.39 is 0 Å². The van der Waals surface area contributed by atoms with E-state index in [2.05, 4.69) is 18.3 Å². The van der Waals surface area contributed by atoms with Crippen LogP contribution in [0, 0.1) is 11.3 Å². The van der Waals surface area contributed by atoms with Crippen LogP contribution in [0.1, 0.15) is 46.5 Å². The van der Waals surface area contributed by atoms with Gasteiger partial charge in [0.05, 0.1) is 18.2 Å². The van der Waals surface area contributed by atoms with Crippen LogP contribution in [0.25, 0.3) is 0 Å². The molecule has 0 spiro atoms. The van der Waals surface area contributed by atoms with Gasteiger partial charge in [0.15, 0.2) is 0 Å². The van der Waals surface area contributed by atoms with Crippen LogP contribution in [0.5, 0.6) is 0 Å². The monoisotopic (exact) mass is 237 g/mol. The number of nitrogens with one attached hydrogen (secondary N) is 1. The number of hydrogen-bond donors (Lipinski definition) is 1. The first kappa shape index (κ1) is 14.0. The molecule has 1 aliphatic heterocycles. The van der Waals surface area contributed by atoms with Gasteiger partial charge in [-0.1, -0.05) is 13.3 Å². The second-order valence-corrected chi connectivity index (χ2v) is 4.90. The summed E-state index contributed by atoms with van der Waals surface area (Å²) in [5.74, 6) is 0.0492. The zero-order chi connectivity index (χ0) is 12.8. The van der Waals surface area contributed by atoms with Crippen LogP contribution < -0.4 is 5.32 Å². The van der Waals surface area contributed by atoms with Gasteiger partial charge >= 0.3 is 0 Å². The molecule has 17 heavy (non-hydrogen) atoms. The second kappa shape index (κ2) is 6.61. The van der Waals surface area contributed by atoms with E-state index in [4.69, 9.17) is 5.26 Å². The van der Waals surface area contributed by atoms with Crippen LogP contribution in [0.3, 0.4) is 0 Å². The third-order valence-corrected chi connectivity index (χ3v) is 3.43. The highest BCUT2D eigenvalue weighted by Crippen LogP contribution is 2.19. The Balaban J connectivity index is 2.49. The number of rotatable bonds is 5. The molecule has 0 aliphatic carbocycles. The Labute approximate surface area is 104 Å². The van der Waals surface area contributed by atoms with Crippen molar-refractivity contribution in [3.05, 3.63) is 0 Å². The van der Waals surface area contributed by atoms with Gasteiger partial charge in [0, 0.05) is 12.6 Å². The summed E-state index contributed by atoms with van der Waals surface area (Å²) in [5, 5.41) is 12.0. The Hall–Kier alpha value is -1.08. The minimum Gasteiger partial charge on any atom is -0.352 e. The molecule has 1 amide bonds. The van der Waals surface area contributed by atoms with E-state index in [1.54, 1.807) is 0 Å². The lowest BCUT2D eigenvalue weighted by molar-refractivity contribution is -0.126. The molecular weight excluding hydrogens is 214 g/mol. The van der Waals surface area contributed by atoms with Gasteiger partial charge in [-0.25, -0.2) is 0 Å². The van der Waals surface area contributed by atoms with Gasteiger partial charge in [-0.3, -0.25) is 9.69 Å². The average molecular weight is 237 g/mol. The fraction of sp³-hybridized carbons (Fsp3) is 0.846. The van der Waals surface area contributed by atoms with Crippen LogP contribution in [0.2, 0.25) is 0 Å². The van der Waals surface area contributed by atoms with E-state index in [1.807, 2.05) is 18.7 Å². The molecule has 0 aromatic heterocycles. The number of amides is 1. The number of hydrogen-bond acceptors (Lipinski definition) is 3. The maximum atomic E-state index is 12.0. The Morgan fingerprint density at radius 3 is 2.88 bits per heavy atom. The molecule has 1 fully saturated rings. The Bertz CT molecular complexity index is 298. The molecule has 0 bridgehead atoms. The summed E-state index contributed by atoms with van der Waals surface area (Å²) in [4.78, 5) is 14.0. The Morgan fingerprint density at radius 1 is 1.59 bits per heavy atom. The molecule has 0 aromatic rings. The molecule has 96 valence electrons. The SMILES string of the molecule is CCCC(C)NC(=O)C(C)N1CCCC1C#N. The van der Waals surface area contributed by atoms with E-state index >= 15 is 0 Å². The number of carbonyl (C=O) groups is 1. The number of likely N-dealkylation sites (tertiary alicyclic amines) is 1. The molecule has 1 aliphatic rings. The van der Waals surface area contributed by atoms with Crippen LogP contribution >= 0.6 is 0 Å². The van der Waals surface area contributed by atoms with Gasteiger partial charge in [-0.2, -0.15) is 5.26 Å². The lowest BCUT2D eigenvalue weighted by atomic mass is 10.1. The molecule has 1 heterocycles. The Morgan fingerprint density at radius 2 is 2.29 bits per heavy atom. The van der Waals surface area contributed by atoms with Crippen molar-refractivity contribution in [3.63, 3.8) is 0 Å². The summed E-state index contributed by atoms with van der Waals surface area (Å²) in [6, 6.07) is 2.22. The molecule has 0 aromatic carbocycles. The maximum Gasteiger partial charge on any atom is 0.237 e. The number of carbonyl (C=O) groups excluding carboxylic acids is 1. The first-order chi connectivity index (χ1) is 8.10. The third kappa shape index (κ3) is 3.71.